The van der Waals surface area contributed by atoms with E-state index in [0.29, 0.717) is 6.42 Å². The van der Waals surface area contributed by atoms with Crippen molar-refractivity contribution >= 4 is 27.5 Å². The van der Waals surface area contributed by atoms with Crippen LogP contribution in [0.15, 0.2) is 24.3 Å². The van der Waals surface area contributed by atoms with Crippen molar-refractivity contribution in [3.63, 3.8) is 0 Å². The fraction of sp³-hybridized carbons (Fsp3) is 0.429. The molecular weight excluding hydrogens is 320 g/mol. The van der Waals surface area contributed by atoms with Gasteiger partial charge in [0.15, 0.2) is 0 Å². The van der Waals surface area contributed by atoms with E-state index in [0.717, 1.165) is 15.2 Å². The van der Waals surface area contributed by atoms with Crippen molar-refractivity contribution in [1.29, 1.82) is 0 Å². The number of aromatic nitrogens is 1. The molecular formula is C14H14F4N2OS. The molecule has 0 aliphatic rings. The Balaban J connectivity index is 1.92. The van der Waals surface area contributed by atoms with Crippen LogP contribution in [-0.2, 0) is 11.2 Å². The van der Waals surface area contributed by atoms with E-state index in [-0.39, 0.29) is 0 Å². The molecule has 1 atom stereocenters. The molecule has 2 aromatic rings. The predicted molar refractivity (Wildman–Crippen MR) is 76.5 cm³/mol. The van der Waals surface area contributed by atoms with Crippen molar-refractivity contribution in [3.05, 3.63) is 29.3 Å². The van der Waals surface area contributed by atoms with E-state index in [1.807, 2.05) is 24.3 Å². The molecule has 3 nitrogen and oxygen atoms in total. The largest absolute Gasteiger partial charge is 0.353 e. The average Bonchev–Trinajstić information content (AvgIpc) is 2.79. The van der Waals surface area contributed by atoms with Gasteiger partial charge in [-0.3, -0.25) is 4.79 Å². The summed E-state index contributed by atoms with van der Waals surface area (Å²) >= 11 is 1.44. The van der Waals surface area contributed by atoms with E-state index >= 15 is 0 Å². The van der Waals surface area contributed by atoms with Gasteiger partial charge in [-0.2, -0.15) is 8.78 Å². The van der Waals surface area contributed by atoms with Crippen LogP contribution in [-0.4, -0.2) is 29.3 Å². The number of carbonyl (C=O) groups is 1. The molecule has 0 aliphatic heterocycles. The molecule has 1 aromatic heterocycles. The number of alkyl halides is 4. The van der Waals surface area contributed by atoms with E-state index < -0.39 is 30.7 Å². The number of hydrogen-bond acceptors (Lipinski definition) is 3. The molecule has 1 N–H and O–H groups in total. The number of benzene rings is 1. The second-order valence-corrected chi connectivity index (χ2v) is 6.10. The summed E-state index contributed by atoms with van der Waals surface area (Å²) < 4.78 is 50.6. The normalized spacial score (nSPS) is 13.5. The summed E-state index contributed by atoms with van der Waals surface area (Å²) in [6.07, 6.45) is -5.02. The Morgan fingerprint density at radius 1 is 1.36 bits per heavy atom. The van der Waals surface area contributed by atoms with Gasteiger partial charge in [-0.15, -0.1) is 11.3 Å². The Kier molecular flexibility index (Phi) is 5.00. The number of halogens is 4. The second kappa shape index (κ2) is 6.60. The molecule has 120 valence electrons. The van der Waals surface area contributed by atoms with Crippen molar-refractivity contribution in [2.45, 2.75) is 38.2 Å². The summed E-state index contributed by atoms with van der Waals surface area (Å²) in [6.45, 7) is 1.62. The summed E-state index contributed by atoms with van der Waals surface area (Å²) in [5.41, 5.74) is 0.824. The van der Waals surface area contributed by atoms with Crippen LogP contribution < -0.4 is 5.32 Å². The quantitative estimate of drug-likeness (QED) is 0.820. The van der Waals surface area contributed by atoms with Gasteiger partial charge < -0.3 is 5.32 Å². The Hall–Kier alpha value is -1.70. The minimum Gasteiger partial charge on any atom is -0.353 e. The number of carbonyl (C=O) groups excluding carboxylic acids is 1. The highest BCUT2D eigenvalue weighted by Gasteiger charge is 2.42. The minimum atomic E-state index is -4.31. The summed E-state index contributed by atoms with van der Waals surface area (Å²) in [4.78, 5) is 15.8. The van der Waals surface area contributed by atoms with Crippen LogP contribution in [0.4, 0.5) is 17.6 Å². The van der Waals surface area contributed by atoms with Crippen LogP contribution in [0, 0.1) is 0 Å². The number of thiazole rings is 1. The van der Waals surface area contributed by atoms with Gasteiger partial charge in [0.2, 0.25) is 5.91 Å². The van der Waals surface area contributed by atoms with E-state index in [4.69, 9.17) is 0 Å². The number of nitrogens with zero attached hydrogens (tertiary/aromatic N) is 1. The van der Waals surface area contributed by atoms with E-state index in [1.165, 1.54) is 11.3 Å². The number of para-hydroxylation sites is 1. The molecule has 0 radical (unpaired) electrons. The van der Waals surface area contributed by atoms with E-state index in [2.05, 4.69) is 10.3 Å². The lowest BCUT2D eigenvalue weighted by Gasteiger charge is -2.17. The van der Waals surface area contributed by atoms with Gasteiger partial charge >= 0.3 is 12.3 Å². The Labute approximate surface area is 128 Å². The highest BCUT2D eigenvalue weighted by molar-refractivity contribution is 7.18. The Bertz CT molecular complexity index is 626. The number of fused-ring (bicyclic) bond motifs is 1. The zero-order valence-corrected chi connectivity index (χ0v) is 12.5. The lowest BCUT2D eigenvalue weighted by Crippen LogP contribution is -2.40. The molecule has 22 heavy (non-hydrogen) atoms. The monoisotopic (exact) mass is 334 g/mol. The molecule has 8 heteroatoms. The summed E-state index contributed by atoms with van der Waals surface area (Å²) in [6, 6.07) is 7.01. The molecule has 0 saturated heterocycles. The maximum absolute atomic E-state index is 12.8. The average molecular weight is 334 g/mol. The van der Waals surface area contributed by atoms with Gasteiger partial charge in [-0.25, -0.2) is 13.8 Å². The fourth-order valence-electron chi connectivity index (χ4n) is 1.94. The molecule has 1 aromatic carbocycles. The first-order valence-corrected chi connectivity index (χ1v) is 7.39. The third kappa shape index (κ3) is 4.16. The first-order chi connectivity index (χ1) is 10.3. The third-order valence-electron chi connectivity index (χ3n) is 2.94. The fourth-order valence-corrected chi connectivity index (χ4v) is 3.03. The molecule has 1 amide bonds. The zero-order chi connectivity index (χ0) is 16.3. The molecule has 0 saturated carbocycles. The van der Waals surface area contributed by atoms with Crippen LogP contribution >= 0.6 is 11.3 Å². The number of hydrogen-bond donors (Lipinski definition) is 1. The number of nitrogens with one attached hydrogen (secondary N) is 1. The lowest BCUT2D eigenvalue weighted by molar-refractivity contribution is -0.151. The smallest absolute Gasteiger partial charge is 0.316 e. The molecule has 0 spiro atoms. The van der Waals surface area contributed by atoms with E-state index in [9.17, 15) is 22.4 Å². The predicted octanol–water partition coefficient (Wildman–Crippen LogP) is 3.63. The lowest BCUT2D eigenvalue weighted by atomic mass is 10.2. The van der Waals surface area contributed by atoms with Crippen LogP contribution in [0.3, 0.4) is 0 Å². The van der Waals surface area contributed by atoms with Crippen LogP contribution in [0.2, 0.25) is 0 Å². The van der Waals surface area contributed by atoms with Crippen molar-refractivity contribution in [3.8, 4) is 0 Å². The number of rotatable bonds is 6. The summed E-state index contributed by atoms with van der Waals surface area (Å²) in [7, 11) is 0. The first-order valence-electron chi connectivity index (χ1n) is 6.57. The molecule has 1 heterocycles. The molecule has 2 rings (SSSR count). The standard InChI is InChI=1S/C14H14F4N2OS/c1-8(19-11(21)7-14(17,18)13(15)16)6-12-20-9-4-2-3-5-10(9)22-12/h2-5,8,13H,6-7H2,1H3,(H,19,21). The van der Waals surface area contributed by atoms with Crippen molar-refractivity contribution in [2.24, 2.45) is 0 Å². The minimum absolute atomic E-state index is 0.353. The van der Waals surface area contributed by atoms with E-state index in [1.54, 1.807) is 6.92 Å². The highest BCUT2D eigenvalue weighted by atomic mass is 32.1. The molecule has 0 bridgehead atoms. The van der Waals surface area contributed by atoms with Crippen molar-refractivity contribution in [1.82, 2.24) is 10.3 Å². The molecule has 1 unspecified atom stereocenters. The summed E-state index contributed by atoms with van der Waals surface area (Å²) in [5, 5.41) is 3.04. The molecule has 0 aliphatic carbocycles. The SMILES string of the molecule is CC(Cc1nc2ccccc2s1)NC(=O)CC(F)(F)C(F)F. The maximum Gasteiger partial charge on any atom is 0.316 e. The molecule has 0 fully saturated rings. The second-order valence-electron chi connectivity index (χ2n) is 4.99. The first kappa shape index (κ1) is 16.7. The van der Waals surface area contributed by atoms with Crippen molar-refractivity contribution in [2.75, 3.05) is 0 Å². The van der Waals surface area contributed by atoms with Gasteiger partial charge in [0.25, 0.3) is 0 Å². The topological polar surface area (TPSA) is 42.0 Å². The van der Waals surface area contributed by atoms with Crippen LogP contribution in [0.5, 0.6) is 0 Å². The van der Waals surface area contributed by atoms with Gasteiger partial charge in [0.05, 0.1) is 21.6 Å². The maximum atomic E-state index is 12.8. The zero-order valence-electron chi connectivity index (χ0n) is 11.7. The summed E-state index contributed by atoms with van der Waals surface area (Å²) in [5.74, 6) is -5.40. The van der Waals surface area contributed by atoms with Gasteiger partial charge in [0, 0.05) is 12.5 Å². The Morgan fingerprint density at radius 3 is 2.68 bits per heavy atom. The number of amides is 1. The van der Waals surface area contributed by atoms with Gasteiger partial charge in [0.1, 0.15) is 0 Å². The van der Waals surface area contributed by atoms with Gasteiger partial charge in [-0.1, -0.05) is 12.1 Å². The third-order valence-corrected chi connectivity index (χ3v) is 4.00. The highest BCUT2D eigenvalue weighted by Crippen LogP contribution is 2.26. The van der Waals surface area contributed by atoms with Crippen LogP contribution in [0.25, 0.3) is 10.2 Å². The van der Waals surface area contributed by atoms with Crippen LogP contribution in [0.1, 0.15) is 18.4 Å². The Morgan fingerprint density at radius 2 is 2.05 bits per heavy atom. The van der Waals surface area contributed by atoms with Crippen molar-refractivity contribution < 1.29 is 22.4 Å². The van der Waals surface area contributed by atoms with Gasteiger partial charge in [-0.05, 0) is 19.1 Å².